The van der Waals surface area contributed by atoms with E-state index < -0.39 is 16.0 Å². The van der Waals surface area contributed by atoms with Crippen molar-refractivity contribution in [3.8, 4) is 0 Å². The molecular weight excluding hydrogens is 349 g/mol. The SMILES string of the molecule is [N-]=[N+]=NS(=O)(=O)c1ccc(CCC[Si](Cl)(Cl)Cl)cc1. The van der Waals surface area contributed by atoms with E-state index in [2.05, 4.69) is 9.43 Å². The lowest BCUT2D eigenvalue weighted by atomic mass is 10.1. The fourth-order valence-electron chi connectivity index (χ4n) is 1.42. The maximum atomic E-state index is 11.4. The van der Waals surface area contributed by atoms with Gasteiger partial charge in [-0.3, -0.25) is 0 Å². The molecule has 0 aromatic heterocycles. The number of nitrogens with zero attached hydrogens (tertiary/aromatic N) is 3. The van der Waals surface area contributed by atoms with E-state index in [4.69, 9.17) is 38.8 Å². The summed E-state index contributed by atoms with van der Waals surface area (Å²) in [4.78, 5) is 2.24. The van der Waals surface area contributed by atoms with Crippen LogP contribution >= 0.6 is 33.2 Å². The van der Waals surface area contributed by atoms with Gasteiger partial charge >= 0.3 is 6.00 Å². The lowest BCUT2D eigenvalue weighted by Crippen LogP contribution is -2.08. The quantitative estimate of drug-likeness (QED) is 0.250. The van der Waals surface area contributed by atoms with Gasteiger partial charge in [0.15, 0.2) is 0 Å². The summed E-state index contributed by atoms with van der Waals surface area (Å²) in [5, 5.41) is 0. The van der Waals surface area contributed by atoms with Crippen LogP contribution < -0.4 is 0 Å². The van der Waals surface area contributed by atoms with Gasteiger partial charge < -0.3 is 0 Å². The van der Waals surface area contributed by atoms with E-state index in [1.807, 2.05) is 0 Å². The van der Waals surface area contributed by atoms with Crippen LogP contribution in [-0.4, -0.2) is 14.4 Å². The lowest BCUT2D eigenvalue weighted by molar-refractivity contribution is 0.597. The largest absolute Gasteiger partial charge is 0.341 e. The van der Waals surface area contributed by atoms with Crippen LogP contribution in [0.2, 0.25) is 6.04 Å². The highest BCUT2D eigenvalue weighted by Crippen LogP contribution is 2.27. The van der Waals surface area contributed by atoms with Crippen LogP contribution in [-0.2, 0) is 16.4 Å². The maximum Gasteiger partial charge on any atom is 0.341 e. The number of benzene rings is 1. The Hall–Kier alpha value is -0.433. The molecule has 0 spiro atoms. The zero-order chi connectivity index (χ0) is 14.5. The van der Waals surface area contributed by atoms with Crippen LogP contribution in [0, 0.1) is 0 Å². The van der Waals surface area contributed by atoms with Crippen LogP contribution in [0.15, 0.2) is 33.7 Å². The van der Waals surface area contributed by atoms with Gasteiger partial charge in [0.05, 0.1) is 4.90 Å². The molecule has 10 heteroatoms. The molecule has 0 bridgehead atoms. The summed E-state index contributed by atoms with van der Waals surface area (Å²) in [6.45, 7) is 0. The molecule has 0 aliphatic heterocycles. The standard InChI is InChI=1S/C9H10Cl3N3O2SSi/c10-19(11,12)7-1-2-8-3-5-9(6-4-8)18(16,17)15-14-13/h3-6H,1-2,7H2. The van der Waals surface area contributed by atoms with Crippen LogP contribution in [0.25, 0.3) is 10.4 Å². The van der Waals surface area contributed by atoms with Crippen molar-refractivity contribution in [3.63, 3.8) is 0 Å². The average Bonchev–Trinajstić information content (AvgIpc) is 2.28. The second kappa shape index (κ2) is 6.83. The smallest absolute Gasteiger partial charge is 0.216 e. The Morgan fingerprint density at radius 3 is 2.26 bits per heavy atom. The molecule has 19 heavy (non-hydrogen) atoms. The van der Waals surface area contributed by atoms with E-state index in [1.54, 1.807) is 12.1 Å². The Bertz CT molecular complexity index is 580. The summed E-state index contributed by atoms with van der Waals surface area (Å²) in [5.41, 5.74) is 9.09. The number of azide groups is 1. The molecule has 0 aliphatic carbocycles. The fourth-order valence-corrected chi connectivity index (χ4v) is 3.87. The van der Waals surface area contributed by atoms with Crippen molar-refractivity contribution in [1.82, 2.24) is 0 Å². The van der Waals surface area contributed by atoms with E-state index in [0.717, 1.165) is 12.0 Å². The molecule has 5 nitrogen and oxygen atoms in total. The highest BCUT2D eigenvalue weighted by molar-refractivity contribution is 7.90. The first-order valence-corrected chi connectivity index (χ1v) is 11.9. The summed E-state index contributed by atoms with van der Waals surface area (Å²) in [6.07, 6.45) is 1.42. The van der Waals surface area contributed by atoms with E-state index in [-0.39, 0.29) is 4.90 Å². The van der Waals surface area contributed by atoms with Crippen molar-refractivity contribution >= 4 is 49.3 Å². The van der Waals surface area contributed by atoms with E-state index in [1.165, 1.54) is 12.1 Å². The summed E-state index contributed by atoms with van der Waals surface area (Å²) < 4.78 is 25.6. The minimum absolute atomic E-state index is 0.0372. The van der Waals surface area contributed by atoms with Crippen LogP contribution in [0.1, 0.15) is 12.0 Å². The van der Waals surface area contributed by atoms with Gasteiger partial charge in [-0.2, -0.15) is 0 Å². The summed E-state index contributed by atoms with van der Waals surface area (Å²) >= 11 is 17.3. The first-order valence-electron chi connectivity index (χ1n) is 5.22. The van der Waals surface area contributed by atoms with E-state index in [0.29, 0.717) is 12.5 Å². The molecule has 0 aliphatic rings. The molecule has 0 heterocycles. The van der Waals surface area contributed by atoms with Gasteiger partial charge in [-0.1, -0.05) is 12.1 Å². The monoisotopic (exact) mass is 357 g/mol. The molecule has 1 aromatic carbocycles. The van der Waals surface area contributed by atoms with Gasteiger partial charge in [0, 0.05) is 9.43 Å². The molecule has 0 fully saturated rings. The minimum Gasteiger partial charge on any atom is -0.216 e. The Kier molecular flexibility index (Phi) is 5.98. The van der Waals surface area contributed by atoms with Gasteiger partial charge in [-0.05, 0) is 42.1 Å². The third kappa shape index (κ3) is 6.03. The molecule has 0 N–H and O–H groups in total. The molecule has 1 aromatic rings. The van der Waals surface area contributed by atoms with E-state index >= 15 is 0 Å². The molecule has 104 valence electrons. The first-order chi connectivity index (χ1) is 8.74. The summed E-state index contributed by atoms with van der Waals surface area (Å²) in [7, 11) is -3.92. The molecular formula is C9H10Cl3N3O2SSi. The van der Waals surface area contributed by atoms with Crippen molar-refractivity contribution in [2.24, 2.45) is 4.52 Å². The van der Waals surface area contributed by atoms with Gasteiger partial charge in [-0.15, -0.1) is 33.2 Å². The normalized spacial score (nSPS) is 11.9. The number of rotatable bonds is 6. The summed E-state index contributed by atoms with van der Waals surface area (Å²) in [5.74, 6) is 0. The van der Waals surface area contributed by atoms with Crippen LogP contribution in [0.3, 0.4) is 0 Å². The molecule has 1 rings (SSSR count). The Labute approximate surface area is 126 Å². The maximum absolute atomic E-state index is 11.4. The molecule has 0 amide bonds. The summed E-state index contributed by atoms with van der Waals surface area (Å²) in [6, 6.07) is 4.05. The predicted molar refractivity (Wildman–Crippen MR) is 79.2 cm³/mol. The Morgan fingerprint density at radius 2 is 1.79 bits per heavy atom. The van der Waals surface area contributed by atoms with Gasteiger partial charge in [0.2, 0.25) is 0 Å². The first kappa shape index (κ1) is 16.6. The number of aryl methyl sites for hydroxylation is 1. The van der Waals surface area contributed by atoms with Crippen LogP contribution in [0.5, 0.6) is 0 Å². The highest BCUT2D eigenvalue weighted by Gasteiger charge is 2.23. The number of hydrogen-bond acceptors (Lipinski definition) is 2. The zero-order valence-electron chi connectivity index (χ0n) is 9.63. The fraction of sp³-hybridized carbons (Fsp3) is 0.333. The molecule has 0 atom stereocenters. The number of sulfonamides is 1. The third-order valence-corrected chi connectivity index (χ3v) is 6.07. The van der Waals surface area contributed by atoms with Crippen LogP contribution in [0.4, 0.5) is 0 Å². The van der Waals surface area contributed by atoms with Crippen molar-refractivity contribution in [2.75, 3.05) is 0 Å². The van der Waals surface area contributed by atoms with Gasteiger partial charge in [0.25, 0.3) is 10.0 Å². The van der Waals surface area contributed by atoms with Crippen molar-refractivity contribution in [1.29, 1.82) is 0 Å². The van der Waals surface area contributed by atoms with Crippen molar-refractivity contribution < 1.29 is 8.42 Å². The minimum atomic E-state index is -3.92. The molecule has 0 saturated heterocycles. The van der Waals surface area contributed by atoms with Crippen molar-refractivity contribution in [2.45, 2.75) is 23.8 Å². The predicted octanol–water partition coefficient (Wildman–Crippen LogP) is 4.27. The topological polar surface area (TPSA) is 82.9 Å². The zero-order valence-corrected chi connectivity index (χ0v) is 13.7. The second-order valence-electron chi connectivity index (χ2n) is 3.76. The third-order valence-electron chi connectivity index (χ3n) is 2.29. The number of halogens is 3. The van der Waals surface area contributed by atoms with Gasteiger partial charge in [-0.25, -0.2) is 8.42 Å². The molecule has 0 unspecified atom stereocenters. The van der Waals surface area contributed by atoms with Gasteiger partial charge in [0.1, 0.15) is 0 Å². The Morgan fingerprint density at radius 1 is 1.21 bits per heavy atom. The Balaban J connectivity index is 2.70. The van der Waals surface area contributed by atoms with Crippen molar-refractivity contribution in [3.05, 3.63) is 40.3 Å². The second-order valence-corrected chi connectivity index (χ2v) is 14.6. The molecule has 0 saturated carbocycles. The highest BCUT2D eigenvalue weighted by atomic mass is 35.8. The average molecular weight is 359 g/mol. The lowest BCUT2D eigenvalue weighted by Gasteiger charge is -2.07. The van der Waals surface area contributed by atoms with E-state index in [9.17, 15) is 8.42 Å². The molecule has 0 radical (unpaired) electrons. The number of hydrogen-bond donors (Lipinski definition) is 0.